The van der Waals surface area contributed by atoms with Gasteiger partial charge in [0.25, 0.3) is 0 Å². The van der Waals surface area contributed by atoms with Gasteiger partial charge in [-0.05, 0) is 30.2 Å². The van der Waals surface area contributed by atoms with Crippen molar-refractivity contribution in [3.63, 3.8) is 0 Å². The van der Waals surface area contributed by atoms with E-state index in [1.54, 1.807) is 18.5 Å². The lowest BCUT2D eigenvalue weighted by Gasteiger charge is -2.01. The molecule has 0 aliphatic rings. The third-order valence-electron chi connectivity index (χ3n) is 1.82. The molecule has 14 heavy (non-hydrogen) atoms. The molecule has 0 spiro atoms. The standard InChI is InChI=1S/C12H14N2/c1-3-4-5-12(9-13)11-6-7-14-10(2)8-11/h3-9H,1,13H2,2H3/b5-4-,12-9+. The minimum absolute atomic E-state index is 0.968. The van der Waals surface area contributed by atoms with Gasteiger partial charge in [0.15, 0.2) is 0 Å². The minimum atomic E-state index is 0.968. The molecule has 1 heterocycles. The Labute approximate surface area is 84.5 Å². The van der Waals surface area contributed by atoms with Crippen LogP contribution >= 0.6 is 0 Å². The summed E-state index contributed by atoms with van der Waals surface area (Å²) in [6.45, 7) is 5.56. The second-order valence-corrected chi connectivity index (χ2v) is 2.90. The number of pyridine rings is 1. The first-order valence-corrected chi connectivity index (χ1v) is 4.42. The normalized spacial score (nSPS) is 11.9. The quantitative estimate of drug-likeness (QED) is 0.736. The van der Waals surface area contributed by atoms with E-state index in [0.29, 0.717) is 0 Å². The Bertz CT molecular complexity index is 376. The highest BCUT2D eigenvalue weighted by molar-refractivity contribution is 5.73. The van der Waals surface area contributed by atoms with Crippen molar-refractivity contribution in [3.8, 4) is 0 Å². The van der Waals surface area contributed by atoms with Gasteiger partial charge in [0.1, 0.15) is 0 Å². The van der Waals surface area contributed by atoms with Crippen LogP contribution in [0.2, 0.25) is 0 Å². The zero-order valence-electron chi connectivity index (χ0n) is 8.27. The van der Waals surface area contributed by atoms with E-state index in [0.717, 1.165) is 16.8 Å². The first-order chi connectivity index (χ1) is 6.77. The first-order valence-electron chi connectivity index (χ1n) is 4.42. The molecule has 0 unspecified atom stereocenters. The average Bonchev–Trinajstić information content (AvgIpc) is 2.19. The van der Waals surface area contributed by atoms with E-state index in [1.807, 2.05) is 31.2 Å². The van der Waals surface area contributed by atoms with E-state index in [9.17, 15) is 0 Å². The van der Waals surface area contributed by atoms with Crippen LogP contribution in [0.3, 0.4) is 0 Å². The summed E-state index contributed by atoms with van der Waals surface area (Å²) in [6, 6.07) is 3.92. The molecule has 72 valence electrons. The van der Waals surface area contributed by atoms with Crippen molar-refractivity contribution in [1.82, 2.24) is 4.98 Å². The number of allylic oxidation sites excluding steroid dienone is 4. The predicted octanol–water partition coefficient (Wildman–Crippen LogP) is 2.43. The zero-order valence-corrected chi connectivity index (χ0v) is 8.27. The molecule has 2 N–H and O–H groups in total. The van der Waals surface area contributed by atoms with Gasteiger partial charge in [0.2, 0.25) is 0 Å². The van der Waals surface area contributed by atoms with Gasteiger partial charge in [-0.15, -0.1) is 0 Å². The fourth-order valence-electron chi connectivity index (χ4n) is 1.14. The fraction of sp³-hybridized carbons (Fsp3) is 0.0833. The van der Waals surface area contributed by atoms with Crippen LogP contribution in [-0.4, -0.2) is 4.98 Å². The summed E-state index contributed by atoms with van der Waals surface area (Å²) in [5, 5.41) is 0. The SMILES string of the molecule is C=C/C=C\C(=C/N)c1ccnc(C)c1. The number of hydrogen-bond donors (Lipinski definition) is 1. The molecule has 0 atom stereocenters. The third-order valence-corrected chi connectivity index (χ3v) is 1.82. The van der Waals surface area contributed by atoms with E-state index < -0.39 is 0 Å². The van der Waals surface area contributed by atoms with Crippen molar-refractivity contribution in [2.75, 3.05) is 0 Å². The molecular weight excluding hydrogens is 172 g/mol. The van der Waals surface area contributed by atoms with Crippen LogP contribution in [-0.2, 0) is 0 Å². The summed E-state index contributed by atoms with van der Waals surface area (Å²) in [4.78, 5) is 4.12. The molecule has 2 nitrogen and oxygen atoms in total. The van der Waals surface area contributed by atoms with Crippen LogP contribution in [0.15, 0.2) is 49.3 Å². The van der Waals surface area contributed by atoms with E-state index in [2.05, 4.69) is 11.6 Å². The predicted molar refractivity (Wildman–Crippen MR) is 60.5 cm³/mol. The van der Waals surface area contributed by atoms with E-state index in [-0.39, 0.29) is 0 Å². The lowest BCUT2D eigenvalue weighted by Crippen LogP contribution is -1.89. The monoisotopic (exact) mass is 186 g/mol. The molecule has 0 saturated carbocycles. The van der Waals surface area contributed by atoms with Gasteiger partial charge < -0.3 is 5.73 Å². The lowest BCUT2D eigenvalue weighted by molar-refractivity contribution is 1.19. The number of hydrogen-bond acceptors (Lipinski definition) is 2. The van der Waals surface area contributed by atoms with Gasteiger partial charge in [-0.25, -0.2) is 0 Å². The van der Waals surface area contributed by atoms with Gasteiger partial charge in [-0.2, -0.15) is 0 Å². The Hall–Kier alpha value is -1.83. The maximum Gasteiger partial charge on any atom is 0.0378 e. The summed E-state index contributed by atoms with van der Waals surface area (Å²) >= 11 is 0. The molecule has 0 bridgehead atoms. The van der Waals surface area contributed by atoms with Gasteiger partial charge in [0, 0.05) is 18.1 Å². The molecule has 0 aliphatic carbocycles. The summed E-state index contributed by atoms with van der Waals surface area (Å²) in [5.41, 5.74) is 8.54. The van der Waals surface area contributed by atoms with Crippen LogP contribution < -0.4 is 5.73 Å². The maximum absolute atomic E-state index is 5.53. The first kappa shape index (κ1) is 10.3. The van der Waals surface area contributed by atoms with Crippen LogP contribution in [0.25, 0.3) is 5.57 Å². The largest absolute Gasteiger partial charge is 0.404 e. The Morgan fingerprint density at radius 1 is 1.57 bits per heavy atom. The van der Waals surface area contributed by atoms with Crippen molar-refractivity contribution in [3.05, 3.63) is 60.6 Å². The molecular formula is C12H14N2. The highest BCUT2D eigenvalue weighted by Crippen LogP contribution is 2.14. The number of aromatic nitrogens is 1. The Balaban J connectivity index is 3.02. The third kappa shape index (κ3) is 2.59. The van der Waals surface area contributed by atoms with Crippen molar-refractivity contribution >= 4 is 5.57 Å². The summed E-state index contributed by atoms with van der Waals surface area (Å²) in [7, 11) is 0. The summed E-state index contributed by atoms with van der Waals surface area (Å²) in [6.07, 6.45) is 8.85. The van der Waals surface area contributed by atoms with Gasteiger partial charge in [0.05, 0.1) is 0 Å². The average molecular weight is 186 g/mol. The Kier molecular flexibility index (Phi) is 3.68. The molecule has 0 aromatic carbocycles. The van der Waals surface area contributed by atoms with Gasteiger partial charge in [-0.1, -0.05) is 24.8 Å². The highest BCUT2D eigenvalue weighted by atomic mass is 14.6. The summed E-state index contributed by atoms with van der Waals surface area (Å²) in [5.74, 6) is 0. The molecule has 1 rings (SSSR count). The van der Waals surface area contributed by atoms with Crippen molar-refractivity contribution < 1.29 is 0 Å². The van der Waals surface area contributed by atoms with Crippen molar-refractivity contribution in [1.29, 1.82) is 0 Å². The van der Waals surface area contributed by atoms with E-state index in [4.69, 9.17) is 5.73 Å². The van der Waals surface area contributed by atoms with Gasteiger partial charge in [-0.3, -0.25) is 4.98 Å². The van der Waals surface area contributed by atoms with Gasteiger partial charge >= 0.3 is 0 Å². The molecule has 0 fully saturated rings. The second-order valence-electron chi connectivity index (χ2n) is 2.90. The molecule has 0 radical (unpaired) electrons. The minimum Gasteiger partial charge on any atom is -0.404 e. The highest BCUT2D eigenvalue weighted by Gasteiger charge is 1.96. The molecule has 1 aromatic rings. The molecule has 0 saturated heterocycles. The number of nitrogens with zero attached hydrogens (tertiary/aromatic N) is 1. The second kappa shape index (κ2) is 5.02. The van der Waals surface area contributed by atoms with Crippen LogP contribution in [0.4, 0.5) is 0 Å². The smallest absolute Gasteiger partial charge is 0.0378 e. The van der Waals surface area contributed by atoms with Crippen LogP contribution in [0, 0.1) is 6.92 Å². The number of aryl methyl sites for hydroxylation is 1. The molecule has 1 aromatic heterocycles. The Morgan fingerprint density at radius 3 is 2.93 bits per heavy atom. The van der Waals surface area contributed by atoms with E-state index in [1.165, 1.54) is 0 Å². The molecule has 0 aliphatic heterocycles. The topological polar surface area (TPSA) is 38.9 Å². The van der Waals surface area contributed by atoms with Crippen LogP contribution in [0.1, 0.15) is 11.3 Å². The lowest BCUT2D eigenvalue weighted by atomic mass is 10.1. The number of rotatable bonds is 3. The Morgan fingerprint density at radius 2 is 2.36 bits per heavy atom. The van der Waals surface area contributed by atoms with Crippen LogP contribution in [0.5, 0.6) is 0 Å². The fourth-order valence-corrected chi connectivity index (χ4v) is 1.14. The number of nitrogens with two attached hydrogens (primary N) is 1. The van der Waals surface area contributed by atoms with Crippen molar-refractivity contribution in [2.45, 2.75) is 6.92 Å². The summed E-state index contributed by atoms with van der Waals surface area (Å²) < 4.78 is 0. The molecule has 2 heteroatoms. The maximum atomic E-state index is 5.53. The van der Waals surface area contributed by atoms with Crippen molar-refractivity contribution in [2.24, 2.45) is 5.73 Å². The molecule has 0 amide bonds. The van der Waals surface area contributed by atoms with E-state index >= 15 is 0 Å². The zero-order chi connectivity index (χ0) is 10.4.